The smallest absolute Gasteiger partial charge is 0.291 e. The van der Waals surface area contributed by atoms with Gasteiger partial charge in [0.05, 0.1) is 41.7 Å². The summed E-state index contributed by atoms with van der Waals surface area (Å²) in [6.45, 7) is 9.17. The number of carbonyl (C=O) groups is 3. The average molecular weight is 760 g/mol. The summed E-state index contributed by atoms with van der Waals surface area (Å²) in [5.74, 6) is 1.05. The lowest BCUT2D eigenvalue weighted by Gasteiger charge is -2.33. The summed E-state index contributed by atoms with van der Waals surface area (Å²) < 4.78 is 1.92. The first-order valence-corrected chi connectivity index (χ1v) is 19.6. The van der Waals surface area contributed by atoms with Crippen LogP contribution in [0.15, 0.2) is 36.4 Å². The van der Waals surface area contributed by atoms with Crippen molar-refractivity contribution in [2.24, 2.45) is 18.9 Å². The van der Waals surface area contributed by atoms with Crippen molar-refractivity contribution >= 4 is 46.7 Å². The van der Waals surface area contributed by atoms with Gasteiger partial charge < -0.3 is 24.7 Å². The van der Waals surface area contributed by atoms with E-state index in [1.807, 2.05) is 65.7 Å². The molecule has 2 N–H and O–H groups in total. The number of aliphatic hydroxyl groups is 1. The molecule has 4 aromatic rings. The second kappa shape index (κ2) is 17.0. The molecule has 1 fully saturated rings. The molecule has 2 aromatic heterocycles. The van der Waals surface area contributed by atoms with Crippen molar-refractivity contribution in [2.75, 3.05) is 45.7 Å². The number of fused-ring (bicyclic) bond motifs is 2. The van der Waals surface area contributed by atoms with Gasteiger partial charge >= 0.3 is 0 Å². The van der Waals surface area contributed by atoms with Gasteiger partial charge in [0.25, 0.3) is 5.91 Å². The molecular weight excluding hydrogens is 710 g/mol. The van der Waals surface area contributed by atoms with Crippen LogP contribution in [0.2, 0.25) is 5.02 Å². The van der Waals surface area contributed by atoms with Crippen LogP contribution in [0.3, 0.4) is 0 Å². The summed E-state index contributed by atoms with van der Waals surface area (Å²) in [6, 6.07) is 11.8. The highest BCUT2D eigenvalue weighted by Crippen LogP contribution is 2.41. The van der Waals surface area contributed by atoms with Crippen molar-refractivity contribution in [1.82, 2.24) is 29.2 Å². The second-order valence-corrected chi connectivity index (χ2v) is 15.8. The molecule has 1 aliphatic carbocycles. The predicted octanol–water partition coefficient (Wildman–Crippen LogP) is 6.19. The predicted molar refractivity (Wildman–Crippen MR) is 210 cm³/mol. The number of carbonyl (C=O) groups excluding carboxylic acids is 3. The van der Waals surface area contributed by atoms with E-state index < -0.39 is 0 Å². The summed E-state index contributed by atoms with van der Waals surface area (Å²) in [5.41, 5.74) is 7.43. The zero-order valence-corrected chi connectivity index (χ0v) is 32.9. The van der Waals surface area contributed by atoms with E-state index in [4.69, 9.17) is 26.7 Å². The zero-order valence-electron chi connectivity index (χ0n) is 31.3. The Labute approximate surface area is 321 Å². The van der Waals surface area contributed by atoms with E-state index >= 15 is 0 Å². The summed E-state index contributed by atoms with van der Waals surface area (Å²) in [4.78, 5) is 54.9. The SMILES string of the molecule is CCN(C)CC(=O)N1Cc2nc(-c3cccc(-c4cccc(NC(=O)c5nc6c(n5C)CCN(CC5CCC(C=O)CC5)C6)c4Cl)c3C)sc2C1.CO. The fraction of sp³-hybridized carbons (Fsp3) is 0.475. The zero-order chi connectivity index (χ0) is 37.8. The maximum Gasteiger partial charge on any atom is 0.291 e. The quantitative estimate of drug-likeness (QED) is 0.184. The first-order valence-electron chi connectivity index (χ1n) is 18.4. The minimum absolute atomic E-state index is 0.126. The minimum Gasteiger partial charge on any atom is -0.400 e. The second-order valence-electron chi connectivity index (χ2n) is 14.4. The largest absolute Gasteiger partial charge is 0.400 e. The van der Waals surface area contributed by atoms with Crippen LogP contribution in [0.4, 0.5) is 5.69 Å². The summed E-state index contributed by atoms with van der Waals surface area (Å²) in [5, 5.41) is 11.4. The molecule has 11 nitrogen and oxygen atoms in total. The number of aromatic nitrogens is 3. The molecular formula is C40H50ClN7O4S. The fourth-order valence-electron chi connectivity index (χ4n) is 7.76. The number of halogens is 1. The Hall–Kier alpha value is -3.94. The molecule has 7 rings (SSSR count). The molecule has 0 bridgehead atoms. The fourth-order valence-corrected chi connectivity index (χ4v) is 9.21. The molecule has 2 aliphatic heterocycles. The number of nitrogens with one attached hydrogen (secondary N) is 1. The van der Waals surface area contributed by atoms with Crippen LogP contribution in [-0.4, -0.2) is 92.8 Å². The number of amides is 2. The molecule has 282 valence electrons. The molecule has 53 heavy (non-hydrogen) atoms. The highest BCUT2D eigenvalue weighted by molar-refractivity contribution is 7.15. The average Bonchev–Trinajstić information content (AvgIpc) is 3.86. The molecule has 0 unspecified atom stereocenters. The first kappa shape index (κ1) is 38.8. The van der Waals surface area contributed by atoms with Crippen molar-refractivity contribution in [3.8, 4) is 21.7 Å². The van der Waals surface area contributed by atoms with E-state index in [1.165, 1.54) is 0 Å². The number of aldehydes is 1. The number of aliphatic hydroxyl groups excluding tert-OH is 1. The lowest BCUT2D eigenvalue weighted by Crippen LogP contribution is -2.36. The van der Waals surface area contributed by atoms with Gasteiger partial charge in [0.1, 0.15) is 11.3 Å². The summed E-state index contributed by atoms with van der Waals surface area (Å²) in [6.07, 6.45) is 6.13. The number of nitrogens with zero attached hydrogens (tertiary/aromatic N) is 6. The van der Waals surface area contributed by atoms with Crippen LogP contribution < -0.4 is 5.32 Å². The van der Waals surface area contributed by atoms with Gasteiger partial charge in [-0.05, 0) is 69.3 Å². The standard InChI is InChI=1S/C39H46ClN7O3S.CH4O/c1-5-44(3)22-35(49)47-20-32-34(21-47)51-39(43-32)28-9-6-8-27(24(28)2)29-10-7-11-30(36(29)40)42-38(50)37-41-31-19-46(17-16-33(31)45(37)4)18-25-12-14-26(23-48)15-13-25;1-2/h6-11,23,25-26H,5,12-22H2,1-4H3,(H,42,50);2H,1H3. The van der Waals surface area contributed by atoms with Gasteiger partial charge in [0, 0.05) is 67.8 Å². The molecule has 0 radical (unpaired) electrons. The number of benzene rings is 2. The molecule has 2 aromatic carbocycles. The van der Waals surface area contributed by atoms with E-state index in [-0.39, 0.29) is 17.7 Å². The number of hydrogen-bond donors (Lipinski definition) is 2. The molecule has 0 atom stereocenters. The van der Waals surface area contributed by atoms with E-state index in [9.17, 15) is 14.4 Å². The number of imidazole rings is 1. The van der Waals surface area contributed by atoms with Gasteiger partial charge in [-0.3, -0.25) is 19.4 Å². The molecule has 1 saturated carbocycles. The van der Waals surface area contributed by atoms with E-state index in [0.29, 0.717) is 42.1 Å². The van der Waals surface area contributed by atoms with Gasteiger partial charge in [-0.15, -0.1) is 11.3 Å². The molecule has 2 amide bonds. The lowest BCUT2D eigenvalue weighted by atomic mass is 9.82. The minimum atomic E-state index is -0.290. The number of anilines is 1. The Morgan fingerprint density at radius 2 is 1.74 bits per heavy atom. The Kier molecular flexibility index (Phi) is 12.5. The third kappa shape index (κ3) is 8.27. The van der Waals surface area contributed by atoms with E-state index in [0.717, 1.165) is 121 Å². The summed E-state index contributed by atoms with van der Waals surface area (Å²) >= 11 is 8.69. The normalized spacial score (nSPS) is 18.3. The molecule has 3 aliphatic rings. The van der Waals surface area contributed by atoms with Crippen LogP contribution in [0.25, 0.3) is 21.7 Å². The molecule has 0 saturated heterocycles. The maximum atomic E-state index is 13.7. The van der Waals surface area contributed by atoms with Gasteiger partial charge in [0.2, 0.25) is 5.91 Å². The third-order valence-corrected chi connectivity index (χ3v) is 12.5. The van der Waals surface area contributed by atoms with Crippen molar-refractivity contribution in [2.45, 2.75) is 65.6 Å². The van der Waals surface area contributed by atoms with Gasteiger partial charge in [0.15, 0.2) is 5.82 Å². The Bertz CT molecular complexity index is 1940. The highest BCUT2D eigenvalue weighted by atomic mass is 35.5. The molecule has 4 heterocycles. The monoisotopic (exact) mass is 759 g/mol. The topological polar surface area (TPSA) is 124 Å². The van der Waals surface area contributed by atoms with E-state index in [1.54, 1.807) is 11.3 Å². The first-order chi connectivity index (χ1) is 25.6. The highest BCUT2D eigenvalue weighted by Gasteiger charge is 2.30. The third-order valence-electron chi connectivity index (χ3n) is 11.0. The molecule has 13 heteroatoms. The van der Waals surface area contributed by atoms with Crippen molar-refractivity contribution in [1.29, 1.82) is 0 Å². The van der Waals surface area contributed by atoms with Gasteiger partial charge in [-0.1, -0.05) is 48.9 Å². The van der Waals surface area contributed by atoms with Gasteiger partial charge in [-0.2, -0.15) is 0 Å². The Balaban J connectivity index is 0.00000236. The van der Waals surface area contributed by atoms with Crippen molar-refractivity contribution in [3.05, 3.63) is 74.8 Å². The number of likely N-dealkylation sites (N-methyl/N-ethyl adjacent to an activating group) is 1. The van der Waals surface area contributed by atoms with Crippen molar-refractivity contribution < 1.29 is 19.5 Å². The number of rotatable bonds is 10. The van der Waals surface area contributed by atoms with Crippen molar-refractivity contribution in [3.63, 3.8) is 0 Å². The Morgan fingerprint density at radius 3 is 2.45 bits per heavy atom. The van der Waals surface area contributed by atoms with Crippen LogP contribution in [0, 0.1) is 18.8 Å². The maximum absolute atomic E-state index is 13.7. The van der Waals surface area contributed by atoms with E-state index in [2.05, 4.69) is 23.2 Å². The van der Waals surface area contributed by atoms with Crippen LogP contribution in [-0.2, 0) is 42.7 Å². The Morgan fingerprint density at radius 1 is 1.02 bits per heavy atom. The molecule has 0 spiro atoms. The van der Waals surface area contributed by atoms with Crippen LogP contribution >= 0.6 is 22.9 Å². The van der Waals surface area contributed by atoms with Crippen LogP contribution in [0.5, 0.6) is 0 Å². The van der Waals surface area contributed by atoms with Crippen LogP contribution in [0.1, 0.15) is 70.7 Å². The van der Waals surface area contributed by atoms with Gasteiger partial charge in [-0.25, -0.2) is 9.97 Å². The number of thiazole rings is 1. The summed E-state index contributed by atoms with van der Waals surface area (Å²) in [7, 11) is 4.87. The number of hydrogen-bond acceptors (Lipinski definition) is 9. The lowest BCUT2D eigenvalue weighted by molar-refractivity contribution is -0.132.